The molecule has 1 saturated carbocycles. The minimum absolute atomic E-state index is 0.947. The summed E-state index contributed by atoms with van der Waals surface area (Å²) in [6.07, 6.45) is 8.17. The predicted molar refractivity (Wildman–Crippen MR) is 62.8 cm³/mol. The molecule has 0 N–H and O–H groups in total. The van der Waals surface area contributed by atoms with Gasteiger partial charge in [0.2, 0.25) is 0 Å². The fourth-order valence-corrected chi connectivity index (χ4v) is 4.21. The van der Waals surface area contributed by atoms with Crippen LogP contribution in [0.25, 0.3) is 0 Å². The van der Waals surface area contributed by atoms with Crippen LogP contribution in [0.4, 0.5) is 0 Å². The molecule has 0 aliphatic heterocycles. The van der Waals surface area contributed by atoms with Gasteiger partial charge in [-0.15, -0.1) is 0 Å². The van der Waals surface area contributed by atoms with Gasteiger partial charge in [-0.1, -0.05) is 32.1 Å². The Kier molecular flexibility index (Phi) is 5.82. The molecular weight excluding hydrogens is 208 g/mol. The largest absolute Gasteiger partial charge is 0.500 e. The maximum absolute atomic E-state index is 5.40. The van der Waals surface area contributed by atoms with Crippen LogP contribution >= 0.6 is 0 Å². The van der Waals surface area contributed by atoms with Gasteiger partial charge >= 0.3 is 8.80 Å². The first kappa shape index (κ1) is 13.2. The molecule has 0 aromatic rings. The molecule has 15 heavy (non-hydrogen) atoms. The van der Waals surface area contributed by atoms with Crippen LogP contribution in [-0.4, -0.2) is 30.1 Å². The lowest BCUT2D eigenvalue weighted by atomic mass is 10.0. The van der Waals surface area contributed by atoms with Gasteiger partial charge in [-0.3, -0.25) is 0 Å². The van der Waals surface area contributed by atoms with Crippen LogP contribution in [0.15, 0.2) is 0 Å². The number of hydrogen-bond donors (Lipinski definition) is 0. The summed E-state index contributed by atoms with van der Waals surface area (Å²) in [7, 11) is 2.78. The number of hydrogen-bond acceptors (Lipinski definition) is 3. The summed E-state index contributed by atoms with van der Waals surface area (Å²) in [6, 6.07) is 0.951. The summed E-state index contributed by atoms with van der Waals surface area (Å²) in [6.45, 7) is 0. The van der Waals surface area contributed by atoms with E-state index in [2.05, 4.69) is 0 Å². The maximum atomic E-state index is 5.40. The molecule has 1 aliphatic rings. The molecule has 0 bridgehead atoms. The smallest absolute Gasteiger partial charge is 0.377 e. The molecule has 0 unspecified atom stereocenters. The molecule has 0 atom stereocenters. The van der Waals surface area contributed by atoms with Crippen molar-refractivity contribution >= 4 is 8.80 Å². The van der Waals surface area contributed by atoms with Crippen molar-refractivity contribution in [1.29, 1.82) is 0 Å². The highest BCUT2D eigenvalue weighted by Crippen LogP contribution is 2.30. The molecule has 0 saturated heterocycles. The van der Waals surface area contributed by atoms with Gasteiger partial charge in [-0.2, -0.15) is 0 Å². The van der Waals surface area contributed by atoms with Crippen LogP contribution in [0.5, 0.6) is 0 Å². The van der Waals surface area contributed by atoms with E-state index in [0.717, 1.165) is 12.0 Å². The summed E-state index contributed by atoms with van der Waals surface area (Å²) >= 11 is 0. The fraction of sp³-hybridized carbons (Fsp3) is 1.00. The van der Waals surface area contributed by atoms with Gasteiger partial charge in [0.05, 0.1) is 0 Å². The summed E-state index contributed by atoms with van der Waals surface area (Å²) in [5.74, 6) is 0.947. The highest BCUT2D eigenvalue weighted by molar-refractivity contribution is 6.60. The zero-order valence-corrected chi connectivity index (χ0v) is 11.3. The van der Waals surface area contributed by atoms with Crippen LogP contribution in [0, 0.1) is 5.92 Å². The van der Waals surface area contributed by atoms with E-state index in [0.29, 0.717) is 0 Å². The molecule has 1 rings (SSSR count). The van der Waals surface area contributed by atoms with E-state index in [4.69, 9.17) is 13.3 Å². The van der Waals surface area contributed by atoms with Crippen LogP contribution in [0.2, 0.25) is 6.04 Å². The Balaban J connectivity index is 2.21. The molecule has 3 nitrogen and oxygen atoms in total. The Bertz CT molecular complexity index is 157. The zero-order valence-electron chi connectivity index (χ0n) is 10.3. The van der Waals surface area contributed by atoms with Gasteiger partial charge in [0.15, 0.2) is 0 Å². The lowest BCUT2D eigenvalue weighted by Gasteiger charge is -2.24. The summed E-state index contributed by atoms with van der Waals surface area (Å²) in [5.41, 5.74) is 0. The van der Waals surface area contributed by atoms with E-state index in [1.54, 1.807) is 21.3 Å². The monoisotopic (exact) mass is 232 g/mol. The van der Waals surface area contributed by atoms with Gasteiger partial charge in [0.1, 0.15) is 0 Å². The van der Waals surface area contributed by atoms with Crippen LogP contribution in [0.3, 0.4) is 0 Å². The Hall–Kier alpha value is 0.0969. The third kappa shape index (κ3) is 3.87. The van der Waals surface area contributed by atoms with E-state index in [1.165, 1.54) is 38.5 Å². The molecule has 0 heterocycles. The normalized spacial score (nSPS) is 18.6. The van der Waals surface area contributed by atoms with E-state index in [-0.39, 0.29) is 0 Å². The van der Waals surface area contributed by atoms with Crippen molar-refractivity contribution in [1.82, 2.24) is 0 Å². The van der Waals surface area contributed by atoms with Crippen LogP contribution in [-0.2, 0) is 13.3 Å². The molecular formula is C11H24O3Si. The van der Waals surface area contributed by atoms with Crippen molar-refractivity contribution < 1.29 is 13.3 Å². The summed E-state index contributed by atoms with van der Waals surface area (Å²) in [4.78, 5) is 0. The second-order valence-electron chi connectivity index (χ2n) is 4.34. The topological polar surface area (TPSA) is 27.7 Å². The highest BCUT2D eigenvalue weighted by atomic mass is 28.4. The summed E-state index contributed by atoms with van der Waals surface area (Å²) in [5, 5.41) is 0. The third-order valence-corrected chi connectivity index (χ3v) is 6.34. The average molecular weight is 232 g/mol. The average Bonchev–Trinajstić information content (AvgIpc) is 2.78. The second kappa shape index (κ2) is 6.63. The van der Waals surface area contributed by atoms with E-state index in [1.807, 2.05) is 0 Å². The maximum Gasteiger partial charge on any atom is 0.500 e. The van der Waals surface area contributed by atoms with E-state index >= 15 is 0 Å². The first-order chi connectivity index (χ1) is 7.26. The van der Waals surface area contributed by atoms with Gasteiger partial charge < -0.3 is 13.3 Å². The molecule has 90 valence electrons. The molecule has 1 fully saturated rings. The summed E-state index contributed by atoms with van der Waals surface area (Å²) < 4.78 is 16.2. The van der Waals surface area contributed by atoms with Crippen molar-refractivity contribution in [3.63, 3.8) is 0 Å². The van der Waals surface area contributed by atoms with Crippen molar-refractivity contribution in [2.24, 2.45) is 5.92 Å². The van der Waals surface area contributed by atoms with Gasteiger partial charge in [0.25, 0.3) is 0 Å². The Morgan fingerprint density at radius 2 is 1.53 bits per heavy atom. The van der Waals surface area contributed by atoms with E-state index < -0.39 is 8.80 Å². The molecule has 0 aromatic carbocycles. The van der Waals surface area contributed by atoms with Crippen molar-refractivity contribution in [2.45, 2.75) is 44.6 Å². The molecule has 1 aliphatic carbocycles. The SMILES string of the molecule is CO[Si](CCCC1CCCC1)(OC)OC. The third-order valence-electron chi connectivity index (χ3n) is 3.50. The molecule has 0 radical (unpaired) electrons. The highest BCUT2D eigenvalue weighted by Gasteiger charge is 2.37. The predicted octanol–water partition coefficient (Wildman–Crippen LogP) is 2.83. The Morgan fingerprint density at radius 1 is 1.00 bits per heavy atom. The van der Waals surface area contributed by atoms with Crippen molar-refractivity contribution in [2.75, 3.05) is 21.3 Å². The van der Waals surface area contributed by atoms with Gasteiger partial charge in [-0.25, -0.2) is 0 Å². The number of rotatable bonds is 7. The van der Waals surface area contributed by atoms with E-state index in [9.17, 15) is 0 Å². The first-order valence-corrected chi connectivity index (χ1v) is 7.85. The zero-order chi connectivity index (χ0) is 11.1. The molecule has 0 amide bonds. The quantitative estimate of drug-likeness (QED) is 0.632. The fourth-order valence-electron chi connectivity index (χ4n) is 2.46. The standard InChI is InChI=1S/C11H24O3Si/c1-12-15(13-2,14-3)10-6-9-11-7-4-5-8-11/h11H,4-10H2,1-3H3. The lowest BCUT2D eigenvalue weighted by molar-refractivity contribution is 0.122. The minimum atomic E-state index is -2.29. The lowest BCUT2D eigenvalue weighted by Crippen LogP contribution is -2.42. The minimum Gasteiger partial charge on any atom is -0.377 e. The molecule has 4 heteroatoms. The van der Waals surface area contributed by atoms with Crippen LogP contribution in [0.1, 0.15) is 38.5 Å². The van der Waals surface area contributed by atoms with Gasteiger partial charge in [-0.05, 0) is 12.3 Å². The van der Waals surface area contributed by atoms with Crippen molar-refractivity contribution in [3.05, 3.63) is 0 Å². The van der Waals surface area contributed by atoms with Crippen molar-refractivity contribution in [3.8, 4) is 0 Å². The second-order valence-corrected chi connectivity index (χ2v) is 7.43. The Labute approximate surface area is 94.5 Å². The van der Waals surface area contributed by atoms with Gasteiger partial charge in [0, 0.05) is 27.4 Å². The van der Waals surface area contributed by atoms with Crippen LogP contribution < -0.4 is 0 Å². The Morgan fingerprint density at radius 3 is 2.00 bits per heavy atom. The first-order valence-electron chi connectivity index (χ1n) is 5.92. The molecule has 0 spiro atoms. The molecule has 0 aromatic heterocycles.